The minimum Gasteiger partial charge on any atom is -0.322 e. The zero-order chi connectivity index (χ0) is 17.8. The van der Waals surface area contributed by atoms with Crippen molar-refractivity contribution >= 4 is 34.8 Å². The summed E-state index contributed by atoms with van der Waals surface area (Å²) in [6.45, 7) is 0.335. The van der Waals surface area contributed by atoms with Gasteiger partial charge in [0.05, 0.1) is 12.1 Å². The number of halogens is 2. The van der Waals surface area contributed by atoms with Crippen molar-refractivity contribution in [2.45, 2.75) is 6.54 Å². The van der Waals surface area contributed by atoms with Gasteiger partial charge in [0, 0.05) is 28.0 Å². The molecule has 3 rings (SSSR count). The Bertz CT molecular complexity index is 966. The molecule has 1 aromatic heterocycles. The number of carbonyl (C=O) groups excluding carboxylic acids is 1. The van der Waals surface area contributed by atoms with Crippen molar-refractivity contribution < 1.29 is 4.79 Å². The summed E-state index contributed by atoms with van der Waals surface area (Å²) in [7, 11) is 0. The van der Waals surface area contributed by atoms with Gasteiger partial charge >= 0.3 is 0 Å². The van der Waals surface area contributed by atoms with Crippen molar-refractivity contribution in [1.82, 2.24) is 4.57 Å². The quantitative estimate of drug-likeness (QED) is 0.734. The van der Waals surface area contributed by atoms with E-state index in [0.29, 0.717) is 27.8 Å². The molecule has 1 N–H and O–H groups in total. The summed E-state index contributed by atoms with van der Waals surface area (Å²) in [6.07, 6.45) is 1.54. The van der Waals surface area contributed by atoms with Crippen LogP contribution in [-0.4, -0.2) is 10.5 Å². The van der Waals surface area contributed by atoms with Crippen LogP contribution in [0.4, 0.5) is 5.69 Å². The number of carbonyl (C=O) groups is 1. The largest absolute Gasteiger partial charge is 0.322 e. The normalized spacial score (nSPS) is 10.5. The van der Waals surface area contributed by atoms with Crippen molar-refractivity contribution in [1.29, 1.82) is 0 Å². The highest BCUT2D eigenvalue weighted by molar-refractivity contribution is 6.30. The molecule has 1 amide bonds. The highest BCUT2D eigenvalue weighted by atomic mass is 35.5. The van der Waals surface area contributed by atoms with E-state index in [1.807, 2.05) is 12.1 Å². The van der Waals surface area contributed by atoms with E-state index >= 15 is 0 Å². The first-order valence-electron chi connectivity index (χ1n) is 7.53. The second kappa shape index (κ2) is 7.55. The molecule has 0 radical (unpaired) electrons. The van der Waals surface area contributed by atoms with Gasteiger partial charge in [0.25, 0.3) is 11.5 Å². The molecule has 126 valence electrons. The number of rotatable bonds is 4. The van der Waals surface area contributed by atoms with Crippen LogP contribution in [0.5, 0.6) is 0 Å². The molecule has 0 atom stereocenters. The first kappa shape index (κ1) is 17.3. The van der Waals surface area contributed by atoms with E-state index in [1.54, 1.807) is 36.4 Å². The Morgan fingerprint density at radius 3 is 2.44 bits per heavy atom. The molecule has 4 nitrogen and oxygen atoms in total. The second-order valence-electron chi connectivity index (χ2n) is 5.47. The Morgan fingerprint density at radius 1 is 0.960 bits per heavy atom. The van der Waals surface area contributed by atoms with E-state index in [2.05, 4.69) is 5.32 Å². The van der Waals surface area contributed by atoms with E-state index < -0.39 is 0 Å². The van der Waals surface area contributed by atoms with Crippen molar-refractivity contribution in [3.8, 4) is 0 Å². The third-order valence-corrected chi connectivity index (χ3v) is 4.08. The lowest BCUT2D eigenvalue weighted by molar-refractivity contribution is 0.102. The van der Waals surface area contributed by atoms with Crippen LogP contribution in [0.1, 0.15) is 15.9 Å². The molecular formula is C19H14Cl2N2O2. The summed E-state index contributed by atoms with van der Waals surface area (Å²) in [6, 6.07) is 16.9. The van der Waals surface area contributed by atoms with Gasteiger partial charge in [0.2, 0.25) is 0 Å². The summed E-state index contributed by atoms with van der Waals surface area (Å²) in [5.74, 6) is -0.304. The Hall–Kier alpha value is -2.56. The molecule has 0 aliphatic rings. The number of aromatic nitrogens is 1. The van der Waals surface area contributed by atoms with Crippen LogP contribution in [0.15, 0.2) is 71.7 Å². The lowest BCUT2D eigenvalue weighted by atomic mass is 10.2. The van der Waals surface area contributed by atoms with E-state index in [4.69, 9.17) is 23.2 Å². The van der Waals surface area contributed by atoms with Crippen LogP contribution in [0.25, 0.3) is 0 Å². The van der Waals surface area contributed by atoms with Crippen LogP contribution >= 0.6 is 23.2 Å². The zero-order valence-electron chi connectivity index (χ0n) is 13.1. The number of hydrogen-bond donors (Lipinski definition) is 1. The summed E-state index contributed by atoms with van der Waals surface area (Å²) in [5.41, 5.74) is 1.70. The zero-order valence-corrected chi connectivity index (χ0v) is 14.6. The maximum atomic E-state index is 12.4. The Balaban J connectivity index is 1.82. The smallest absolute Gasteiger partial charge is 0.257 e. The molecule has 0 saturated heterocycles. The minimum atomic E-state index is -0.304. The van der Waals surface area contributed by atoms with E-state index in [0.717, 1.165) is 5.56 Å². The fraction of sp³-hybridized carbons (Fsp3) is 0.0526. The number of nitrogens with one attached hydrogen (secondary N) is 1. The number of anilines is 1. The van der Waals surface area contributed by atoms with Crippen LogP contribution in [0.3, 0.4) is 0 Å². The highest BCUT2D eigenvalue weighted by Gasteiger charge is 2.09. The van der Waals surface area contributed by atoms with Gasteiger partial charge in [-0.3, -0.25) is 9.59 Å². The van der Waals surface area contributed by atoms with Gasteiger partial charge in [-0.25, -0.2) is 0 Å². The first-order valence-corrected chi connectivity index (χ1v) is 8.29. The molecule has 25 heavy (non-hydrogen) atoms. The van der Waals surface area contributed by atoms with Crippen LogP contribution < -0.4 is 10.9 Å². The fourth-order valence-electron chi connectivity index (χ4n) is 2.36. The third kappa shape index (κ3) is 4.50. The van der Waals surface area contributed by atoms with Crippen molar-refractivity contribution in [2.24, 2.45) is 0 Å². The molecule has 0 aliphatic carbocycles. The van der Waals surface area contributed by atoms with Crippen molar-refractivity contribution in [3.63, 3.8) is 0 Å². The summed E-state index contributed by atoms with van der Waals surface area (Å²) < 4.78 is 1.47. The molecular weight excluding hydrogens is 359 g/mol. The standard InChI is InChI=1S/C19H14Cl2N2O2/c20-15-5-7-17(8-6-15)22-19(25)14-4-9-18(24)23(12-14)11-13-2-1-3-16(21)10-13/h1-10,12H,11H2,(H,22,25). The maximum absolute atomic E-state index is 12.4. The fourth-order valence-corrected chi connectivity index (χ4v) is 2.70. The van der Waals surface area contributed by atoms with Crippen molar-refractivity contribution in [2.75, 3.05) is 5.32 Å². The topological polar surface area (TPSA) is 51.1 Å². The number of nitrogens with zero attached hydrogens (tertiary/aromatic N) is 1. The molecule has 0 aliphatic heterocycles. The Kier molecular flexibility index (Phi) is 5.22. The van der Waals surface area contributed by atoms with E-state index in [-0.39, 0.29) is 11.5 Å². The molecule has 0 unspecified atom stereocenters. The first-order chi connectivity index (χ1) is 12.0. The van der Waals surface area contributed by atoms with Gasteiger partial charge in [0.15, 0.2) is 0 Å². The van der Waals surface area contributed by atoms with E-state index in [1.165, 1.54) is 22.9 Å². The number of benzene rings is 2. The minimum absolute atomic E-state index is 0.192. The maximum Gasteiger partial charge on any atom is 0.257 e. The van der Waals surface area contributed by atoms with Gasteiger partial charge in [-0.2, -0.15) is 0 Å². The monoisotopic (exact) mass is 372 g/mol. The summed E-state index contributed by atoms with van der Waals surface area (Å²) in [5, 5.41) is 3.96. The SMILES string of the molecule is O=C(Nc1ccc(Cl)cc1)c1ccc(=O)n(Cc2cccc(Cl)c2)c1. The Labute approximate surface area is 154 Å². The molecule has 0 spiro atoms. The number of amides is 1. The molecule has 0 bridgehead atoms. The predicted octanol–water partition coefficient (Wildman–Crippen LogP) is 4.46. The van der Waals surface area contributed by atoms with Crippen LogP contribution in [0.2, 0.25) is 10.0 Å². The third-order valence-electron chi connectivity index (χ3n) is 3.59. The van der Waals surface area contributed by atoms with Crippen LogP contribution in [0, 0.1) is 0 Å². The predicted molar refractivity (Wildman–Crippen MR) is 101 cm³/mol. The van der Waals surface area contributed by atoms with Gasteiger partial charge in [0.1, 0.15) is 0 Å². The lowest BCUT2D eigenvalue weighted by Gasteiger charge is -2.09. The molecule has 0 fully saturated rings. The molecule has 3 aromatic rings. The molecule has 6 heteroatoms. The van der Waals surface area contributed by atoms with Gasteiger partial charge in [-0.05, 0) is 48.0 Å². The van der Waals surface area contributed by atoms with Gasteiger partial charge in [-0.15, -0.1) is 0 Å². The summed E-state index contributed by atoms with van der Waals surface area (Å²) in [4.78, 5) is 24.5. The average Bonchev–Trinajstić information content (AvgIpc) is 2.59. The molecule has 1 heterocycles. The van der Waals surface area contributed by atoms with E-state index in [9.17, 15) is 9.59 Å². The highest BCUT2D eigenvalue weighted by Crippen LogP contribution is 2.15. The number of pyridine rings is 1. The van der Waals surface area contributed by atoms with Crippen LogP contribution in [-0.2, 0) is 6.54 Å². The summed E-state index contributed by atoms with van der Waals surface area (Å²) >= 11 is 11.8. The average molecular weight is 373 g/mol. The Morgan fingerprint density at radius 2 is 1.72 bits per heavy atom. The molecule has 2 aromatic carbocycles. The second-order valence-corrected chi connectivity index (χ2v) is 6.35. The number of hydrogen-bond acceptors (Lipinski definition) is 2. The molecule has 0 saturated carbocycles. The lowest BCUT2D eigenvalue weighted by Crippen LogP contribution is -2.22. The van der Waals surface area contributed by atoms with Gasteiger partial charge in [-0.1, -0.05) is 35.3 Å². The van der Waals surface area contributed by atoms with Gasteiger partial charge < -0.3 is 9.88 Å². The van der Waals surface area contributed by atoms with Crippen molar-refractivity contribution in [3.05, 3.63) is 98.4 Å².